The molecule has 0 radical (unpaired) electrons. The number of nitrogen functional groups attached to an aromatic ring is 2. The first kappa shape index (κ1) is 40.7. The predicted octanol–water partition coefficient (Wildman–Crippen LogP) is 0.316. The number of carbonyl (C=O) groups is 3. The number of piperazine rings is 1. The normalized spacial score (nSPS) is 14.1. The lowest BCUT2D eigenvalue weighted by Crippen LogP contribution is -2.48. The third-order valence-electron chi connectivity index (χ3n) is 10.5. The summed E-state index contributed by atoms with van der Waals surface area (Å²) in [4.78, 5) is 73.7. The fourth-order valence-electron chi connectivity index (χ4n) is 7.27. The van der Waals surface area contributed by atoms with E-state index in [0.29, 0.717) is 116 Å². The van der Waals surface area contributed by atoms with Crippen molar-refractivity contribution in [3.8, 4) is 11.3 Å². The van der Waals surface area contributed by atoms with Crippen LogP contribution in [0.25, 0.3) is 33.4 Å². The van der Waals surface area contributed by atoms with Gasteiger partial charge in [-0.05, 0) is 31.0 Å². The van der Waals surface area contributed by atoms with Crippen LogP contribution in [0.15, 0.2) is 47.5 Å². The van der Waals surface area contributed by atoms with Gasteiger partial charge in [0.05, 0.1) is 29.9 Å². The van der Waals surface area contributed by atoms with Crippen LogP contribution in [0.2, 0.25) is 0 Å². The monoisotopic (exact) mass is 834 g/mol. The number of aliphatic hydroxyl groups is 1. The third-order valence-corrected chi connectivity index (χ3v) is 10.5. The van der Waals surface area contributed by atoms with Gasteiger partial charge in [-0.15, -0.1) is 0 Å². The molecule has 8 rings (SSSR count). The Hall–Kier alpha value is -7.07. The zero-order valence-corrected chi connectivity index (χ0v) is 33.4. The molecule has 22 nitrogen and oxygen atoms in total. The number of hydrogen-bond donors (Lipinski definition) is 5. The first-order valence-electron chi connectivity index (χ1n) is 20.1. The second kappa shape index (κ2) is 18.5. The minimum atomic E-state index is -0.504. The number of oxazole rings is 1. The second-order valence-electron chi connectivity index (χ2n) is 14.6. The summed E-state index contributed by atoms with van der Waals surface area (Å²) in [6, 6.07) is 5.56. The zero-order valence-electron chi connectivity index (χ0n) is 33.4. The molecule has 0 spiro atoms. The van der Waals surface area contributed by atoms with Crippen molar-refractivity contribution in [1.29, 1.82) is 0 Å². The topological polar surface area (TPSA) is 288 Å². The van der Waals surface area contributed by atoms with Gasteiger partial charge in [0.15, 0.2) is 11.2 Å². The lowest BCUT2D eigenvalue weighted by Gasteiger charge is -2.35. The Morgan fingerprint density at radius 1 is 0.869 bits per heavy atom. The van der Waals surface area contributed by atoms with Crippen LogP contribution in [-0.2, 0) is 33.8 Å². The van der Waals surface area contributed by atoms with E-state index in [1.54, 1.807) is 21.8 Å². The van der Waals surface area contributed by atoms with Crippen LogP contribution in [0.1, 0.15) is 40.9 Å². The Balaban J connectivity index is 0.697. The van der Waals surface area contributed by atoms with Crippen molar-refractivity contribution in [3.05, 3.63) is 59.9 Å². The summed E-state index contributed by atoms with van der Waals surface area (Å²) < 4.78 is 12.8. The molecule has 0 atom stereocenters. The Labute approximate surface area is 348 Å². The standard InChI is InChI=1S/C39H46N16O6/c40-34-32-33(24-3-4-29-28(17-24)49-37(41)61-29)51-55(35(32)48-23-47-34)9-2-1-7-42-30(57)6-15-60-16-8-43-36(59)25-18-44-38(45-19-25)52-11-13-53(14-12-52)39-46-20-26-21-54(31(58)22-56)10-5-27(26)50-39/h3-4,17-20,23,56H,1-2,5-16,21-22H2,(H2,41,49)(H,42,57)(H,43,59)(H2,40,47,48). The Bertz CT molecular complexity index is 2520. The number of fused-ring (bicyclic) bond motifs is 3. The van der Waals surface area contributed by atoms with Crippen LogP contribution in [0.3, 0.4) is 0 Å². The molecule has 0 aliphatic carbocycles. The average Bonchev–Trinajstić information content (AvgIpc) is 3.86. The summed E-state index contributed by atoms with van der Waals surface area (Å²) in [5, 5.41) is 20.3. The third kappa shape index (κ3) is 9.39. The lowest BCUT2D eigenvalue weighted by molar-refractivity contribution is -0.135. The SMILES string of the molecule is Nc1nc2cc(-c3nn(CCCCNC(=O)CCOCCNC(=O)c4cnc(N5CCN(c6ncc7c(n6)CCN(C(=O)CO)C7)CC5)nc4)c4ncnc(N)c34)ccc2o1. The van der Waals surface area contributed by atoms with Gasteiger partial charge in [-0.1, -0.05) is 0 Å². The van der Waals surface area contributed by atoms with E-state index < -0.39 is 6.61 Å². The Morgan fingerprint density at radius 2 is 1.66 bits per heavy atom. The minimum absolute atomic E-state index is 0.0841. The fraction of sp³-hybridized carbons (Fsp3) is 0.410. The van der Waals surface area contributed by atoms with Gasteiger partial charge in [0, 0.05) is 101 Å². The number of benzene rings is 1. The van der Waals surface area contributed by atoms with Crippen LogP contribution in [0.5, 0.6) is 0 Å². The van der Waals surface area contributed by atoms with Crippen molar-refractivity contribution in [2.24, 2.45) is 0 Å². The molecule has 318 valence electrons. The average molecular weight is 835 g/mol. The van der Waals surface area contributed by atoms with Crippen molar-refractivity contribution < 1.29 is 28.6 Å². The molecular formula is C39H46N16O6. The number of nitrogens with zero attached hydrogens (tertiary/aromatic N) is 12. The number of hydrogen-bond acceptors (Lipinski definition) is 18. The largest absolute Gasteiger partial charge is 0.424 e. The molecule has 1 aromatic carbocycles. The number of aliphatic hydroxyl groups excluding tert-OH is 1. The molecular weight excluding hydrogens is 789 g/mol. The summed E-state index contributed by atoms with van der Waals surface area (Å²) in [5.41, 5.74) is 17.3. The van der Waals surface area contributed by atoms with Crippen molar-refractivity contribution in [2.45, 2.75) is 38.8 Å². The van der Waals surface area contributed by atoms with E-state index in [4.69, 9.17) is 35.8 Å². The summed E-state index contributed by atoms with van der Waals surface area (Å²) in [5.74, 6) is 0.758. The van der Waals surface area contributed by atoms with Gasteiger partial charge in [0.2, 0.25) is 23.7 Å². The highest BCUT2D eigenvalue weighted by atomic mass is 16.5. The van der Waals surface area contributed by atoms with E-state index >= 15 is 0 Å². The predicted molar refractivity (Wildman–Crippen MR) is 222 cm³/mol. The number of anilines is 4. The number of nitrogens with two attached hydrogens (primary N) is 2. The molecule has 1 fully saturated rings. The van der Waals surface area contributed by atoms with Gasteiger partial charge in [-0.25, -0.2) is 34.6 Å². The molecule has 22 heteroatoms. The summed E-state index contributed by atoms with van der Waals surface area (Å²) in [6.07, 6.45) is 8.43. The summed E-state index contributed by atoms with van der Waals surface area (Å²) >= 11 is 0. The van der Waals surface area contributed by atoms with Crippen LogP contribution in [-0.4, -0.2) is 138 Å². The first-order valence-corrected chi connectivity index (χ1v) is 20.1. The molecule has 3 amide bonds. The van der Waals surface area contributed by atoms with Crippen LogP contribution >= 0.6 is 0 Å². The second-order valence-corrected chi connectivity index (χ2v) is 14.6. The van der Waals surface area contributed by atoms with E-state index in [1.807, 2.05) is 17.0 Å². The molecule has 2 aliphatic heterocycles. The number of aryl methyl sites for hydroxylation is 1. The van der Waals surface area contributed by atoms with Gasteiger partial charge in [-0.3, -0.25) is 14.4 Å². The Kier molecular flexibility index (Phi) is 12.3. The highest BCUT2D eigenvalue weighted by Crippen LogP contribution is 2.32. The lowest BCUT2D eigenvalue weighted by atomic mass is 10.1. The number of aromatic nitrogens is 9. The van der Waals surface area contributed by atoms with Crippen LogP contribution in [0, 0.1) is 0 Å². The quantitative estimate of drug-likeness (QED) is 0.0820. The van der Waals surface area contributed by atoms with Crippen LogP contribution in [0.4, 0.5) is 23.7 Å². The zero-order chi connectivity index (χ0) is 42.3. The molecule has 0 saturated carbocycles. The maximum absolute atomic E-state index is 12.7. The van der Waals surface area contributed by atoms with Gasteiger partial charge in [0.25, 0.3) is 11.9 Å². The Morgan fingerprint density at radius 3 is 2.46 bits per heavy atom. The molecule has 61 heavy (non-hydrogen) atoms. The van der Waals surface area contributed by atoms with Crippen LogP contribution < -0.4 is 31.9 Å². The van der Waals surface area contributed by atoms with E-state index in [-0.39, 0.29) is 49.9 Å². The van der Waals surface area contributed by atoms with E-state index in [1.165, 1.54) is 18.7 Å². The van der Waals surface area contributed by atoms with Crippen molar-refractivity contribution in [2.75, 3.05) is 86.9 Å². The first-order chi connectivity index (χ1) is 29.7. The summed E-state index contributed by atoms with van der Waals surface area (Å²) in [7, 11) is 0. The van der Waals surface area contributed by atoms with Crippen molar-refractivity contribution >= 4 is 63.6 Å². The number of nitrogens with one attached hydrogen (secondary N) is 2. The number of carbonyl (C=O) groups excluding carboxylic acids is 3. The molecule has 7 heterocycles. The summed E-state index contributed by atoms with van der Waals surface area (Å²) in [6.45, 7) is 4.82. The van der Waals surface area contributed by atoms with Gasteiger partial charge < -0.3 is 51.1 Å². The van der Waals surface area contributed by atoms with Crippen molar-refractivity contribution in [3.63, 3.8) is 0 Å². The smallest absolute Gasteiger partial charge is 0.292 e. The van der Waals surface area contributed by atoms with E-state index in [9.17, 15) is 14.4 Å². The fourth-order valence-corrected chi connectivity index (χ4v) is 7.27. The highest BCUT2D eigenvalue weighted by molar-refractivity contribution is 5.99. The van der Waals surface area contributed by atoms with Gasteiger partial charge in [-0.2, -0.15) is 10.1 Å². The van der Waals surface area contributed by atoms with E-state index in [2.05, 4.69) is 45.4 Å². The minimum Gasteiger partial charge on any atom is -0.424 e. The number of amides is 3. The van der Waals surface area contributed by atoms with Gasteiger partial charge in [0.1, 0.15) is 30.0 Å². The molecule has 1 saturated heterocycles. The maximum Gasteiger partial charge on any atom is 0.292 e. The molecule has 0 unspecified atom stereocenters. The highest BCUT2D eigenvalue weighted by Gasteiger charge is 2.26. The molecule has 5 aromatic heterocycles. The maximum atomic E-state index is 12.7. The van der Waals surface area contributed by atoms with E-state index in [0.717, 1.165) is 23.2 Å². The number of ether oxygens (including phenoxy) is 1. The molecule has 7 N–H and O–H groups in total. The molecule has 0 bridgehead atoms. The molecule has 6 aromatic rings. The van der Waals surface area contributed by atoms with Gasteiger partial charge >= 0.3 is 0 Å². The molecule has 2 aliphatic rings. The van der Waals surface area contributed by atoms with Crippen molar-refractivity contribution in [1.82, 2.24) is 60.2 Å². The number of rotatable bonds is 16. The number of unbranched alkanes of at least 4 members (excludes halogenated alkanes) is 1.